The number of hydrogen-bond donors (Lipinski definition) is 3. The highest BCUT2D eigenvalue weighted by Gasteiger charge is 2.22. The Morgan fingerprint density at radius 3 is 2.37 bits per heavy atom. The van der Waals surface area contributed by atoms with Gasteiger partial charge in [-0.2, -0.15) is 0 Å². The lowest BCUT2D eigenvalue weighted by molar-refractivity contribution is -0.137. The largest absolute Gasteiger partial charge is 0.481 e. The molecule has 0 rings (SSSR count). The monoisotopic (exact) mass is 272 g/mol. The van der Waals surface area contributed by atoms with Crippen molar-refractivity contribution in [3.05, 3.63) is 0 Å². The highest BCUT2D eigenvalue weighted by Crippen LogP contribution is 2.26. The maximum atomic E-state index is 11.8. The van der Waals surface area contributed by atoms with E-state index in [2.05, 4.69) is 5.32 Å². The number of carbonyl (C=O) groups is 2. The van der Waals surface area contributed by atoms with E-state index in [0.29, 0.717) is 13.0 Å². The summed E-state index contributed by atoms with van der Waals surface area (Å²) in [6, 6.07) is -0.466. The van der Waals surface area contributed by atoms with E-state index in [4.69, 9.17) is 10.8 Å². The van der Waals surface area contributed by atoms with Gasteiger partial charge in [0.05, 0.1) is 6.04 Å². The summed E-state index contributed by atoms with van der Waals surface area (Å²) in [6.07, 6.45) is 2.39. The molecule has 0 aromatic heterocycles. The summed E-state index contributed by atoms with van der Waals surface area (Å²) in [7, 11) is 0. The number of carboxylic acids is 1. The van der Waals surface area contributed by atoms with Crippen molar-refractivity contribution in [3.8, 4) is 0 Å². The molecule has 0 spiro atoms. The number of aliphatic carboxylic acids is 1. The number of carboxylic acid groups (broad SMARTS) is 1. The molecule has 5 heteroatoms. The predicted octanol–water partition coefficient (Wildman–Crippen LogP) is 1.76. The number of rotatable bonds is 9. The molecule has 0 saturated heterocycles. The number of nitrogens with two attached hydrogens (primary N) is 1. The van der Waals surface area contributed by atoms with Crippen molar-refractivity contribution in [3.63, 3.8) is 0 Å². The first kappa shape index (κ1) is 17.9. The molecule has 0 aliphatic rings. The smallest absolute Gasteiger partial charge is 0.303 e. The molecule has 1 unspecified atom stereocenters. The molecule has 0 fully saturated rings. The zero-order valence-electron chi connectivity index (χ0n) is 12.5. The first-order valence-corrected chi connectivity index (χ1v) is 6.94. The molecule has 4 N–H and O–H groups in total. The Balaban J connectivity index is 4.01. The Hall–Kier alpha value is -1.10. The minimum atomic E-state index is -0.782. The fraction of sp³-hybridized carbons (Fsp3) is 0.857. The zero-order chi connectivity index (χ0) is 15.1. The quantitative estimate of drug-likeness (QED) is 0.596. The van der Waals surface area contributed by atoms with E-state index in [0.717, 1.165) is 12.8 Å². The van der Waals surface area contributed by atoms with E-state index < -0.39 is 12.0 Å². The average molecular weight is 272 g/mol. The second-order valence-corrected chi connectivity index (χ2v) is 6.01. The molecule has 0 radical (unpaired) electrons. The maximum Gasteiger partial charge on any atom is 0.303 e. The van der Waals surface area contributed by atoms with Crippen molar-refractivity contribution in [2.75, 3.05) is 6.54 Å². The van der Waals surface area contributed by atoms with Gasteiger partial charge in [-0.1, -0.05) is 34.1 Å². The van der Waals surface area contributed by atoms with Gasteiger partial charge in [0.25, 0.3) is 0 Å². The zero-order valence-corrected chi connectivity index (χ0v) is 12.5. The Kier molecular flexibility index (Phi) is 7.68. The van der Waals surface area contributed by atoms with Crippen LogP contribution in [0, 0.1) is 11.3 Å². The molecule has 0 aliphatic carbocycles. The predicted molar refractivity (Wildman–Crippen MR) is 75.7 cm³/mol. The van der Waals surface area contributed by atoms with Gasteiger partial charge < -0.3 is 16.2 Å². The molecule has 0 saturated carbocycles. The van der Waals surface area contributed by atoms with Crippen LogP contribution in [0.5, 0.6) is 0 Å². The number of amides is 1. The molecule has 0 heterocycles. The van der Waals surface area contributed by atoms with Gasteiger partial charge in [0.15, 0.2) is 0 Å². The third kappa shape index (κ3) is 7.82. The van der Waals surface area contributed by atoms with Crippen LogP contribution in [0.3, 0.4) is 0 Å². The van der Waals surface area contributed by atoms with Gasteiger partial charge in [-0.15, -0.1) is 0 Å². The van der Waals surface area contributed by atoms with E-state index >= 15 is 0 Å². The second kappa shape index (κ2) is 8.15. The summed E-state index contributed by atoms with van der Waals surface area (Å²) in [6.45, 7) is 8.52. The Labute approximate surface area is 115 Å². The van der Waals surface area contributed by atoms with E-state index in [1.807, 2.05) is 27.7 Å². The minimum Gasteiger partial charge on any atom is -0.481 e. The van der Waals surface area contributed by atoms with Gasteiger partial charge in [-0.25, -0.2) is 0 Å². The van der Waals surface area contributed by atoms with Crippen LogP contribution < -0.4 is 11.1 Å². The van der Waals surface area contributed by atoms with Gasteiger partial charge >= 0.3 is 5.97 Å². The van der Waals surface area contributed by atoms with Crippen molar-refractivity contribution in [1.29, 1.82) is 0 Å². The highest BCUT2D eigenvalue weighted by molar-refractivity contribution is 5.81. The van der Waals surface area contributed by atoms with E-state index in [-0.39, 0.29) is 23.7 Å². The maximum absolute atomic E-state index is 11.8. The first-order valence-electron chi connectivity index (χ1n) is 6.94. The van der Waals surface area contributed by atoms with Crippen LogP contribution in [0.25, 0.3) is 0 Å². The topological polar surface area (TPSA) is 92.4 Å². The first-order chi connectivity index (χ1) is 8.69. The van der Waals surface area contributed by atoms with E-state index in [9.17, 15) is 9.59 Å². The summed E-state index contributed by atoms with van der Waals surface area (Å²) in [4.78, 5) is 22.3. The fourth-order valence-electron chi connectivity index (χ4n) is 1.72. The third-order valence-corrected chi connectivity index (χ3v) is 3.68. The number of hydrogen-bond acceptors (Lipinski definition) is 3. The normalized spacial score (nSPS) is 14.8. The molecule has 1 amide bonds. The van der Waals surface area contributed by atoms with Crippen LogP contribution in [0.2, 0.25) is 0 Å². The summed E-state index contributed by atoms with van der Waals surface area (Å²) < 4.78 is 0. The van der Waals surface area contributed by atoms with Crippen molar-refractivity contribution >= 4 is 11.9 Å². The standard InChI is InChI=1S/C14H28N2O3/c1-5-10(2)12(15)13(19)16-9-8-14(3,4)7-6-11(17)18/h10,12H,5-9,15H2,1-4H3,(H,16,19)(H,17,18)/t10?,12-/m0/s1. The van der Waals surface area contributed by atoms with Crippen LogP contribution in [-0.4, -0.2) is 29.6 Å². The summed E-state index contributed by atoms with van der Waals surface area (Å²) in [5, 5.41) is 11.5. The fourth-order valence-corrected chi connectivity index (χ4v) is 1.72. The van der Waals surface area contributed by atoms with Gasteiger partial charge in [-0.3, -0.25) is 9.59 Å². The molecule has 5 nitrogen and oxygen atoms in total. The summed E-state index contributed by atoms with van der Waals surface area (Å²) in [5.41, 5.74) is 5.74. The SMILES string of the molecule is CCC(C)[C@H](N)C(=O)NCCC(C)(C)CCC(=O)O. The van der Waals surface area contributed by atoms with Crippen molar-refractivity contribution in [1.82, 2.24) is 5.32 Å². The molecule has 0 bridgehead atoms. The van der Waals surface area contributed by atoms with Crippen molar-refractivity contribution in [2.45, 2.75) is 59.4 Å². The van der Waals surface area contributed by atoms with Crippen LogP contribution in [0.1, 0.15) is 53.4 Å². The molecule has 19 heavy (non-hydrogen) atoms. The highest BCUT2D eigenvalue weighted by atomic mass is 16.4. The van der Waals surface area contributed by atoms with Gasteiger partial charge in [-0.05, 0) is 24.2 Å². The van der Waals surface area contributed by atoms with Crippen LogP contribution in [0.4, 0.5) is 0 Å². The van der Waals surface area contributed by atoms with Crippen molar-refractivity contribution in [2.24, 2.45) is 17.1 Å². The van der Waals surface area contributed by atoms with Gasteiger partial charge in [0, 0.05) is 13.0 Å². The average Bonchev–Trinajstić information content (AvgIpc) is 2.34. The molecular formula is C14H28N2O3. The lowest BCUT2D eigenvalue weighted by Crippen LogP contribution is -2.45. The number of carbonyl (C=O) groups excluding carboxylic acids is 1. The third-order valence-electron chi connectivity index (χ3n) is 3.68. The Morgan fingerprint density at radius 2 is 1.89 bits per heavy atom. The van der Waals surface area contributed by atoms with Crippen LogP contribution >= 0.6 is 0 Å². The number of nitrogens with one attached hydrogen (secondary N) is 1. The lowest BCUT2D eigenvalue weighted by atomic mass is 9.84. The van der Waals surface area contributed by atoms with E-state index in [1.54, 1.807) is 0 Å². The Morgan fingerprint density at radius 1 is 1.32 bits per heavy atom. The molecule has 0 aromatic rings. The van der Waals surface area contributed by atoms with Crippen LogP contribution in [0.15, 0.2) is 0 Å². The second-order valence-electron chi connectivity index (χ2n) is 6.01. The lowest BCUT2D eigenvalue weighted by Gasteiger charge is -2.25. The Bertz CT molecular complexity index is 303. The van der Waals surface area contributed by atoms with Gasteiger partial charge in [0.1, 0.15) is 0 Å². The summed E-state index contributed by atoms with van der Waals surface area (Å²) >= 11 is 0. The van der Waals surface area contributed by atoms with Crippen LogP contribution in [-0.2, 0) is 9.59 Å². The minimum absolute atomic E-state index is 0.0911. The van der Waals surface area contributed by atoms with E-state index in [1.165, 1.54) is 0 Å². The molecule has 2 atom stereocenters. The van der Waals surface area contributed by atoms with Gasteiger partial charge in [0.2, 0.25) is 5.91 Å². The molecule has 0 aliphatic heterocycles. The van der Waals surface area contributed by atoms with Crippen molar-refractivity contribution < 1.29 is 14.7 Å². The summed E-state index contributed by atoms with van der Waals surface area (Å²) in [5.74, 6) is -0.737. The molecule has 0 aromatic carbocycles. The molecule has 112 valence electrons. The molecular weight excluding hydrogens is 244 g/mol.